The highest BCUT2D eigenvalue weighted by atomic mass is 32.2. The van der Waals surface area contributed by atoms with E-state index in [2.05, 4.69) is 29.0 Å². The molecule has 4 aromatic rings. The lowest BCUT2D eigenvalue weighted by Gasteiger charge is -2.36. The van der Waals surface area contributed by atoms with Crippen LogP contribution >= 0.6 is 0 Å². The van der Waals surface area contributed by atoms with Gasteiger partial charge < -0.3 is 19.7 Å². The Kier molecular flexibility index (Phi) is 7.65. The molecule has 2 aliphatic rings. The van der Waals surface area contributed by atoms with Crippen LogP contribution in [0.1, 0.15) is 48.5 Å². The molecule has 1 saturated heterocycles. The van der Waals surface area contributed by atoms with Gasteiger partial charge in [-0.15, -0.1) is 0 Å². The van der Waals surface area contributed by atoms with Gasteiger partial charge in [-0.25, -0.2) is 18.4 Å². The molecule has 11 heteroatoms. The lowest BCUT2D eigenvalue weighted by molar-refractivity contribution is -0.00545. The summed E-state index contributed by atoms with van der Waals surface area (Å²) in [4.78, 5) is 29.6. The number of carbonyl (C=O) groups is 1. The van der Waals surface area contributed by atoms with Crippen molar-refractivity contribution in [2.75, 3.05) is 30.3 Å². The Hall–Kier alpha value is -3.93. The van der Waals surface area contributed by atoms with Gasteiger partial charge in [-0.3, -0.25) is 9.78 Å². The van der Waals surface area contributed by atoms with Crippen LogP contribution in [-0.4, -0.2) is 66.9 Å². The number of nitrogens with zero attached hydrogens (tertiary/aromatic N) is 4. The van der Waals surface area contributed by atoms with E-state index in [1.807, 2.05) is 43.3 Å². The summed E-state index contributed by atoms with van der Waals surface area (Å²) < 4.78 is 36.9. The number of hydrogen-bond acceptors (Lipinski definition) is 9. The van der Waals surface area contributed by atoms with Crippen LogP contribution in [0.25, 0.3) is 22.3 Å². The van der Waals surface area contributed by atoms with Crippen LogP contribution in [0.5, 0.6) is 0 Å². The lowest BCUT2D eigenvalue weighted by atomic mass is 10.1. The molecular weight excluding hydrogens is 554 g/mol. The molecule has 10 nitrogen and oxygen atoms in total. The van der Waals surface area contributed by atoms with E-state index in [0.717, 1.165) is 41.2 Å². The number of ether oxygens (including phenoxy) is 2. The van der Waals surface area contributed by atoms with Crippen molar-refractivity contribution in [3.05, 3.63) is 77.6 Å². The molecule has 2 aliphatic heterocycles. The lowest BCUT2D eigenvalue weighted by Crippen LogP contribution is -2.45. The van der Waals surface area contributed by atoms with Gasteiger partial charge in [0.05, 0.1) is 64.7 Å². The van der Waals surface area contributed by atoms with Crippen LogP contribution in [-0.2, 0) is 25.9 Å². The van der Waals surface area contributed by atoms with Crippen LogP contribution in [0.3, 0.4) is 0 Å². The molecule has 1 N–H and O–H groups in total. The fourth-order valence-electron chi connectivity index (χ4n) is 5.49. The first-order valence-electron chi connectivity index (χ1n) is 14.1. The molecule has 0 radical (unpaired) electrons. The van der Waals surface area contributed by atoms with Crippen LogP contribution in [0, 0.1) is 0 Å². The van der Waals surface area contributed by atoms with Gasteiger partial charge in [-0.05, 0) is 68.8 Å². The number of anilines is 1. The van der Waals surface area contributed by atoms with Crippen molar-refractivity contribution >= 4 is 32.5 Å². The van der Waals surface area contributed by atoms with E-state index in [9.17, 15) is 13.2 Å². The number of pyridine rings is 3. The molecule has 1 unspecified atom stereocenters. The molecule has 0 saturated carbocycles. The second-order valence-corrected chi connectivity index (χ2v) is 13.0. The van der Waals surface area contributed by atoms with Crippen molar-refractivity contribution in [1.29, 1.82) is 0 Å². The summed E-state index contributed by atoms with van der Waals surface area (Å²) >= 11 is 0. The highest BCUT2D eigenvalue weighted by molar-refractivity contribution is 7.91. The number of sulfone groups is 1. The number of fused-ring (bicyclic) bond motifs is 2. The van der Waals surface area contributed by atoms with Crippen molar-refractivity contribution in [2.24, 2.45) is 0 Å². The zero-order valence-electron chi connectivity index (χ0n) is 23.8. The summed E-state index contributed by atoms with van der Waals surface area (Å²) in [5, 5.41) is 3.72. The molecule has 0 spiro atoms. The predicted octanol–water partition coefficient (Wildman–Crippen LogP) is 4.10. The summed E-state index contributed by atoms with van der Waals surface area (Å²) in [5.74, 6) is 0.390. The van der Waals surface area contributed by atoms with Gasteiger partial charge in [-0.1, -0.05) is 12.1 Å². The van der Waals surface area contributed by atoms with Gasteiger partial charge in [0.2, 0.25) is 0 Å². The third-order valence-electron chi connectivity index (χ3n) is 7.57. The molecule has 6 rings (SSSR count). The normalized spacial score (nSPS) is 21.9. The molecule has 1 fully saturated rings. The minimum Gasteiger partial charge on any atom is -0.373 e. The highest BCUT2D eigenvalue weighted by Gasteiger charge is 2.27. The van der Waals surface area contributed by atoms with Crippen molar-refractivity contribution in [1.82, 2.24) is 20.3 Å². The fraction of sp³-hybridized carbons (Fsp3) is 0.355. The van der Waals surface area contributed by atoms with Crippen LogP contribution < -0.4 is 10.2 Å². The minimum absolute atomic E-state index is 0.114. The molecule has 1 aromatic carbocycles. The van der Waals surface area contributed by atoms with Gasteiger partial charge in [0.1, 0.15) is 5.82 Å². The fourth-order valence-corrected chi connectivity index (χ4v) is 6.93. The van der Waals surface area contributed by atoms with Crippen molar-refractivity contribution < 1.29 is 22.7 Å². The van der Waals surface area contributed by atoms with Gasteiger partial charge in [-0.2, -0.15) is 0 Å². The van der Waals surface area contributed by atoms with Gasteiger partial charge in [0.25, 0.3) is 5.91 Å². The Balaban J connectivity index is 1.20. The average molecular weight is 588 g/mol. The largest absolute Gasteiger partial charge is 0.373 e. The number of rotatable bonds is 5. The second kappa shape index (κ2) is 11.4. The molecule has 1 amide bonds. The van der Waals surface area contributed by atoms with E-state index in [4.69, 9.17) is 19.4 Å². The number of hydrogen-bond donors (Lipinski definition) is 1. The number of nitrogens with one attached hydrogen (secondary N) is 1. The quantitative estimate of drug-likeness (QED) is 0.368. The average Bonchev–Trinajstić information content (AvgIpc) is 3.09. The van der Waals surface area contributed by atoms with E-state index in [-0.39, 0.29) is 53.6 Å². The van der Waals surface area contributed by atoms with Gasteiger partial charge in [0.15, 0.2) is 9.84 Å². The van der Waals surface area contributed by atoms with Gasteiger partial charge >= 0.3 is 0 Å². The van der Waals surface area contributed by atoms with E-state index < -0.39 is 9.84 Å². The molecule has 218 valence electrons. The highest BCUT2D eigenvalue weighted by Crippen LogP contribution is 2.30. The predicted molar refractivity (Wildman–Crippen MR) is 159 cm³/mol. The summed E-state index contributed by atoms with van der Waals surface area (Å²) in [7, 11) is -3.54. The third-order valence-corrected chi connectivity index (χ3v) is 9.30. The van der Waals surface area contributed by atoms with E-state index in [1.165, 1.54) is 6.07 Å². The number of morpholine rings is 1. The molecular formula is C31H33N5O5S. The molecule has 3 atom stereocenters. The Labute approximate surface area is 245 Å². The molecule has 42 heavy (non-hydrogen) atoms. The van der Waals surface area contributed by atoms with E-state index in [0.29, 0.717) is 11.3 Å². The molecule has 3 aromatic heterocycles. The summed E-state index contributed by atoms with van der Waals surface area (Å²) in [6.45, 7) is 7.78. The Morgan fingerprint density at radius 3 is 2.60 bits per heavy atom. The smallest absolute Gasteiger partial charge is 0.251 e. The maximum absolute atomic E-state index is 13.0. The standard InChI is InChI=1S/C31H33N5O5S/c1-19-17-36(18-20(2)41-19)30-6-4-5-26(35-30)27-10-8-23-15-32-24(14-28(23)34-27)16-33-31(37)22-7-9-25-21(3)40-11-12-42(38,39)29(25)13-22/h4-10,13-15,19-21H,11-12,16-18H2,1-3H3,(H,33,37)/t19-,20+,21?. The minimum atomic E-state index is -3.54. The number of carbonyl (C=O) groups excluding carboxylic acids is 1. The van der Waals surface area contributed by atoms with Crippen LogP contribution in [0.15, 0.2) is 65.7 Å². The monoisotopic (exact) mass is 587 g/mol. The third kappa shape index (κ3) is 5.85. The topological polar surface area (TPSA) is 124 Å². The van der Waals surface area contributed by atoms with Crippen LogP contribution in [0.4, 0.5) is 5.82 Å². The first kappa shape index (κ1) is 28.2. The van der Waals surface area contributed by atoms with Gasteiger partial charge in [0, 0.05) is 30.2 Å². The summed E-state index contributed by atoms with van der Waals surface area (Å²) in [5.41, 5.74) is 3.70. The van der Waals surface area contributed by atoms with Crippen molar-refractivity contribution in [3.63, 3.8) is 0 Å². The van der Waals surface area contributed by atoms with Crippen molar-refractivity contribution in [3.8, 4) is 11.4 Å². The molecule has 0 aliphatic carbocycles. The Bertz CT molecular complexity index is 1750. The first-order valence-corrected chi connectivity index (χ1v) is 15.7. The number of amides is 1. The first-order chi connectivity index (χ1) is 20.2. The number of aromatic nitrogens is 3. The molecule has 5 heterocycles. The maximum atomic E-state index is 13.0. The summed E-state index contributed by atoms with van der Waals surface area (Å²) in [6.07, 6.45) is 1.63. The zero-order valence-corrected chi connectivity index (χ0v) is 24.6. The Morgan fingerprint density at radius 2 is 1.79 bits per heavy atom. The van der Waals surface area contributed by atoms with Crippen LogP contribution in [0.2, 0.25) is 0 Å². The SMILES string of the molecule is CC1OCCS(=O)(=O)c2cc(C(=O)NCc3cc4nc(-c5cccc(N6C[C@@H](C)O[C@@H](C)C6)n5)ccc4cn3)ccc21. The second-order valence-electron chi connectivity index (χ2n) is 10.9. The Morgan fingerprint density at radius 1 is 1.00 bits per heavy atom. The van der Waals surface area contributed by atoms with E-state index in [1.54, 1.807) is 18.3 Å². The summed E-state index contributed by atoms with van der Waals surface area (Å²) in [6, 6.07) is 16.4. The zero-order chi connectivity index (χ0) is 29.4. The number of benzene rings is 1. The molecule has 0 bridgehead atoms. The maximum Gasteiger partial charge on any atom is 0.251 e. The van der Waals surface area contributed by atoms with Crippen molar-refractivity contribution in [2.45, 2.75) is 50.5 Å². The van der Waals surface area contributed by atoms with E-state index >= 15 is 0 Å².